The van der Waals surface area contributed by atoms with Gasteiger partial charge in [-0.3, -0.25) is 4.79 Å². The molecule has 3 nitrogen and oxygen atoms in total. The smallest absolute Gasteiger partial charge is 0.256 e. The van der Waals surface area contributed by atoms with Crippen molar-refractivity contribution in [3.8, 4) is 0 Å². The molecule has 142 valence electrons. The number of nitrogens with zero attached hydrogens (tertiary/aromatic N) is 1. The predicted octanol–water partition coefficient (Wildman–Crippen LogP) is 4.74. The molecule has 1 atom stereocenters. The topological polar surface area (TPSA) is 32.3 Å². The van der Waals surface area contributed by atoms with E-state index in [0.717, 1.165) is 24.2 Å². The number of carbonyl (C=O) groups is 1. The van der Waals surface area contributed by atoms with Crippen LogP contribution in [0.1, 0.15) is 52.7 Å². The summed E-state index contributed by atoms with van der Waals surface area (Å²) in [6, 6.07) is 10.4. The number of halogens is 2. The van der Waals surface area contributed by atoms with Gasteiger partial charge in [0.2, 0.25) is 0 Å². The Balaban J connectivity index is 1.55. The van der Waals surface area contributed by atoms with Gasteiger partial charge < -0.3 is 10.2 Å². The zero-order valence-corrected chi connectivity index (χ0v) is 16.2. The average molecular weight is 387 g/mol. The first-order valence-corrected chi connectivity index (χ1v) is 9.97. The quantitative estimate of drug-likeness (QED) is 0.823. The first-order chi connectivity index (χ1) is 13.0. The molecule has 1 unspecified atom stereocenters. The maximum Gasteiger partial charge on any atom is 0.256 e. The number of benzene rings is 2. The van der Waals surface area contributed by atoms with Gasteiger partial charge >= 0.3 is 0 Å². The van der Waals surface area contributed by atoms with Crippen molar-refractivity contribution in [2.45, 2.75) is 38.8 Å². The summed E-state index contributed by atoms with van der Waals surface area (Å²) in [5.41, 5.74) is 3.77. The van der Waals surface area contributed by atoms with Crippen LogP contribution in [0.15, 0.2) is 36.4 Å². The highest BCUT2D eigenvalue weighted by molar-refractivity contribution is 6.34. The van der Waals surface area contributed by atoms with Crippen molar-refractivity contribution in [2.75, 3.05) is 13.1 Å². The minimum Gasteiger partial charge on any atom is -0.330 e. The number of fused-ring (bicyclic) bond motifs is 1. The maximum atomic E-state index is 13.1. The third-order valence-corrected chi connectivity index (χ3v) is 6.26. The third kappa shape index (κ3) is 3.74. The molecule has 0 bridgehead atoms. The molecule has 4 rings (SSSR count). The van der Waals surface area contributed by atoms with Crippen molar-refractivity contribution in [2.24, 2.45) is 5.92 Å². The number of amides is 1. The van der Waals surface area contributed by atoms with E-state index in [1.165, 1.54) is 30.5 Å². The monoisotopic (exact) mass is 386 g/mol. The van der Waals surface area contributed by atoms with Gasteiger partial charge in [-0.05, 0) is 72.7 Å². The van der Waals surface area contributed by atoms with Gasteiger partial charge in [0.05, 0.1) is 10.6 Å². The van der Waals surface area contributed by atoms with Crippen molar-refractivity contribution >= 4 is 17.5 Å². The summed E-state index contributed by atoms with van der Waals surface area (Å²) in [4.78, 5) is 14.6. The van der Waals surface area contributed by atoms with E-state index >= 15 is 0 Å². The second-order valence-corrected chi connectivity index (χ2v) is 8.11. The number of hydrogen-bond donors (Lipinski definition) is 1. The largest absolute Gasteiger partial charge is 0.330 e. The Morgan fingerprint density at radius 1 is 1.22 bits per heavy atom. The normalized spacial score (nSPS) is 18.6. The lowest BCUT2D eigenvalue weighted by atomic mass is 9.81. The van der Waals surface area contributed by atoms with Crippen molar-refractivity contribution in [1.82, 2.24) is 10.2 Å². The molecule has 2 aromatic carbocycles. The Morgan fingerprint density at radius 3 is 2.63 bits per heavy atom. The van der Waals surface area contributed by atoms with E-state index < -0.39 is 0 Å². The predicted molar refractivity (Wildman–Crippen MR) is 105 cm³/mol. The number of carbonyl (C=O) groups excluding carboxylic acids is 1. The van der Waals surface area contributed by atoms with Crippen molar-refractivity contribution in [3.05, 3.63) is 69.5 Å². The van der Waals surface area contributed by atoms with E-state index in [9.17, 15) is 9.18 Å². The molecule has 2 aliphatic heterocycles. The Kier molecular flexibility index (Phi) is 5.20. The van der Waals surface area contributed by atoms with Crippen LogP contribution in [0.4, 0.5) is 4.39 Å². The lowest BCUT2D eigenvalue weighted by Crippen LogP contribution is -2.30. The van der Waals surface area contributed by atoms with Gasteiger partial charge in [-0.25, -0.2) is 4.39 Å². The molecule has 2 aromatic rings. The fourth-order valence-electron chi connectivity index (χ4n) is 4.30. The molecule has 0 spiro atoms. The molecule has 0 aliphatic carbocycles. The molecule has 1 fully saturated rings. The van der Waals surface area contributed by atoms with Gasteiger partial charge in [-0.15, -0.1) is 0 Å². The van der Waals surface area contributed by atoms with E-state index in [1.807, 2.05) is 6.07 Å². The minimum atomic E-state index is -0.269. The zero-order chi connectivity index (χ0) is 19.0. The summed E-state index contributed by atoms with van der Waals surface area (Å²) in [6.07, 6.45) is 2.34. The SMILES string of the molecule is CC(c1cc(Cl)c2c(c1)CN(Cc1ccc(F)cc1)C2=O)C1CCNCC1. The molecular weight excluding hydrogens is 363 g/mol. The van der Waals surface area contributed by atoms with Gasteiger partial charge in [0, 0.05) is 13.1 Å². The van der Waals surface area contributed by atoms with Gasteiger partial charge in [0.15, 0.2) is 0 Å². The van der Waals surface area contributed by atoms with Crippen molar-refractivity contribution in [3.63, 3.8) is 0 Å². The van der Waals surface area contributed by atoms with Crippen LogP contribution in [0.2, 0.25) is 5.02 Å². The number of piperidine rings is 1. The van der Waals surface area contributed by atoms with E-state index in [2.05, 4.69) is 18.3 Å². The van der Waals surface area contributed by atoms with Crippen LogP contribution >= 0.6 is 11.6 Å². The summed E-state index contributed by atoms with van der Waals surface area (Å²) >= 11 is 6.53. The zero-order valence-electron chi connectivity index (χ0n) is 15.5. The van der Waals surface area contributed by atoms with Gasteiger partial charge in [0.25, 0.3) is 5.91 Å². The fourth-order valence-corrected chi connectivity index (χ4v) is 4.63. The van der Waals surface area contributed by atoms with Crippen LogP contribution in [0.3, 0.4) is 0 Å². The molecule has 1 saturated heterocycles. The Morgan fingerprint density at radius 2 is 1.93 bits per heavy atom. The van der Waals surface area contributed by atoms with E-state index in [-0.39, 0.29) is 11.7 Å². The van der Waals surface area contributed by atoms with Crippen molar-refractivity contribution in [1.29, 1.82) is 0 Å². The van der Waals surface area contributed by atoms with Crippen LogP contribution < -0.4 is 5.32 Å². The van der Waals surface area contributed by atoms with Crippen LogP contribution in [-0.4, -0.2) is 23.9 Å². The summed E-state index contributed by atoms with van der Waals surface area (Å²) < 4.78 is 13.1. The summed E-state index contributed by atoms with van der Waals surface area (Å²) in [6.45, 7) is 5.41. The molecule has 0 radical (unpaired) electrons. The molecule has 0 saturated carbocycles. The molecule has 0 aromatic heterocycles. The van der Waals surface area contributed by atoms with Crippen LogP contribution in [-0.2, 0) is 13.1 Å². The fraction of sp³-hybridized carbons (Fsp3) is 0.409. The number of hydrogen-bond acceptors (Lipinski definition) is 2. The number of nitrogens with one attached hydrogen (secondary N) is 1. The van der Waals surface area contributed by atoms with E-state index in [1.54, 1.807) is 17.0 Å². The number of rotatable bonds is 4. The lowest BCUT2D eigenvalue weighted by Gasteiger charge is -2.29. The van der Waals surface area contributed by atoms with Crippen LogP contribution in [0.25, 0.3) is 0 Å². The first kappa shape index (κ1) is 18.5. The molecule has 27 heavy (non-hydrogen) atoms. The summed E-state index contributed by atoms with van der Waals surface area (Å²) in [5, 5.41) is 3.96. The van der Waals surface area contributed by atoms with Gasteiger partial charge in [-0.2, -0.15) is 0 Å². The highest BCUT2D eigenvalue weighted by Gasteiger charge is 2.31. The van der Waals surface area contributed by atoms with Crippen molar-refractivity contribution < 1.29 is 9.18 Å². The van der Waals surface area contributed by atoms with Crippen LogP contribution in [0.5, 0.6) is 0 Å². The van der Waals surface area contributed by atoms with Gasteiger partial charge in [0.1, 0.15) is 5.82 Å². The third-order valence-electron chi connectivity index (χ3n) is 5.96. The molecule has 2 heterocycles. The molecular formula is C22H24ClFN2O. The first-order valence-electron chi connectivity index (χ1n) is 9.59. The molecule has 2 aliphatic rings. The molecule has 5 heteroatoms. The maximum absolute atomic E-state index is 13.1. The minimum absolute atomic E-state index is 0.0413. The standard InChI is InChI=1S/C22H24ClFN2O/c1-14(16-6-8-25-9-7-16)17-10-18-13-26(22(27)21(18)20(23)11-17)12-15-2-4-19(24)5-3-15/h2-5,10-11,14,16,25H,6-9,12-13H2,1H3. The Labute approximate surface area is 164 Å². The second kappa shape index (κ2) is 7.61. The highest BCUT2D eigenvalue weighted by atomic mass is 35.5. The Hall–Kier alpha value is -1.91. The molecule has 1 amide bonds. The van der Waals surface area contributed by atoms with E-state index in [0.29, 0.717) is 35.5 Å². The second-order valence-electron chi connectivity index (χ2n) is 7.70. The summed E-state index contributed by atoms with van der Waals surface area (Å²) in [5.74, 6) is 0.763. The van der Waals surface area contributed by atoms with Gasteiger partial charge in [-0.1, -0.05) is 36.7 Å². The summed E-state index contributed by atoms with van der Waals surface area (Å²) in [7, 11) is 0. The lowest BCUT2D eigenvalue weighted by molar-refractivity contribution is 0.0767. The Bertz CT molecular complexity index is 846. The average Bonchev–Trinajstić information content (AvgIpc) is 2.99. The van der Waals surface area contributed by atoms with Crippen LogP contribution in [0, 0.1) is 11.7 Å². The van der Waals surface area contributed by atoms with E-state index in [4.69, 9.17) is 11.6 Å². The molecule has 1 N–H and O–H groups in total. The highest BCUT2D eigenvalue weighted by Crippen LogP contribution is 2.37.